The first kappa shape index (κ1) is 15.6. The van der Waals surface area contributed by atoms with Crippen molar-refractivity contribution >= 4 is 6.09 Å². The fraction of sp³-hybridized carbons (Fsp3) is 0.938. The van der Waals surface area contributed by atoms with Crippen LogP contribution in [0.4, 0.5) is 4.79 Å². The van der Waals surface area contributed by atoms with Crippen LogP contribution < -0.4 is 0 Å². The summed E-state index contributed by atoms with van der Waals surface area (Å²) in [6.07, 6.45) is 5.62. The zero-order valence-corrected chi connectivity index (χ0v) is 13.6. The lowest BCUT2D eigenvalue weighted by Gasteiger charge is -2.39. The lowest BCUT2D eigenvalue weighted by atomic mass is 9.74. The predicted octanol–water partition coefficient (Wildman–Crippen LogP) is 3.59. The van der Waals surface area contributed by atoms with Gasteiger partial charge in [-0.05, 0) is 46.0 Å². The van der Waals surface area contributed by atoms with Gasteiger partial charge in [0.25, 0.3) is 0 Å². The Labute approximate surface area is 122 Å². The number of carbonyl (C=O) groups is 1. The Hall–Kier alpha value is -0.770. The van der Waals surface area contributed by atoms with E-state index in [1.54, 1.807) is 4.90 Å². The van der Waals surface area contributed by atoms with Crippen molar-refractivity contribution in [2.45, 2.75) is 77.0 Å². The molecule has 1 spiro atoms. The van der Waals surface area contributed by atoms with Crippen molar-refractivity contribution in [1.82, 2.24) is 4.90 Å². The van der Waals surface area contributed by atoms with E-state index in [0.29, 0.717) is 12.5 Å². The number of amides is 1. The van der Waals surface area contributed by atoms with Crippen molar-refractivity contribution in [3.8, 4) is 0 Å². The van der Waals surface area contributed by atoms with Crippen LogP contribution in [-0.4, -0.2) is 41.9 Å². The Kier molecular flexibility index (Phi) is 4.33. The molecular weight excluding hydrogens is 254 g/mol. The topological polar surface area (TPSA) is 38.8 Å². The average molecular weight is 283 g/mol. The van der Waals surface area contributed by atoms with Crippen molar-refractivity contribution in [3.05, 3.63) is 0 Å². The highest BCUT2D eigenvalue weighted by Gasteiger charge is 2.47. The molecule has 2 fully saturated rings. The molecule has 0 bridgehead atoms. The maximum atomic E-state index is 12.1. The first-order valence-corrected chi connectivity index (χ1v) is 7.83. The maximum Gasteiger partial charge on any atom is 0.410 e. The van der Waals surface area contributed by atoms with E-state index in [9.17, 15) is 4.79 Å². The molecule has 1 heterocycles. The van der Waals surface area contributed by atoms with E-state index in [2.05, 4.69) is 6.92 Å². The monoisotopic (exact) mass is 283 g/mol. The van der Waals surface area contributed by atoms with Crippen LogP contribution >= 0.6 is 0 Å². The Morgan fingerprint density at radius 1 is 1.35 bits per heavy atom. The van der Waals surface area contributed by atoms with E-state index >= 15 is 0 Å². The van der Waals surface area contributed by atoms with E-state index < -0.39 is 5.60 Å². The molecule has 1 aliphatic carbocycles. The van der Waals surface area contributed by atoms with Crippen LogP contribution in [0.1, 0.15) is 59.8 Å². The molecule has 1 aliphatic heterocycles. The van der Waals surface area contributed by atoms with Crippen molar-refractivity contribution in [2.24, 2.45) is 5.92 Å². The molecule has 0 unspecified atom stereocenters. The smallest absolute Gasteiger partial charge is 0.410 e. The predicted molar refractivity (Wildman–Crippen MR) is 78.7 cm³/mol. The Morgan fingerprint density at radius 3 is 2.65 bits per heavy atom. The molecule has 0 aromatic heterocycles. The largest absolute Gasteiger partial charge is 0.444 e. The van der Waals surface area contributed by atoms with Gasteiger partial charge < -0.3 is 14.4 Å². The second-order valence-corrected chi connectivity index (χ2v) is 7.47. The summed E-state index contributed by atoms with van der Waals surface area (Å²) in [4.78, 5) is 13.9. The van der Waals surface area contributed by atoms with Crippen molar-refractivity contribution in [1.29, 1.82) is 0 Å². The molecule has 0 aromatic carbocycles. The molecule has 116 valence electrons. The third-order valence-electron chi connectivity index (χ3n) is 4.76. The first-order valence-electron chi connectivity index (χ1n) is 7.83. The Morgan fingerprint density at radius 2 is 2.05 bits per heavy atom. The molecule has 4 nitrogen and oxygen atoms in total. The van der Waals surface area contributed by atoms with Crippen LogP contribution in [0.3, 0.4) is 0 Å². The van der Waals surface area contributed by atoms with Gasteiger partial charge in [-0.15, -0.1) is 0 Å². The van der Waals surface area contributed by atoms with Gasteiger partial charge >= 0.3 is 6.09 Å². The SMILES string of the molecule is C[C@@H]1CCCC[C@@]12C[C@@H](N(C)C(=O)OC(C)(C)C)CO2. The highest BCUT2D eigenvalue weighted by molar-refractivity contribution is 5.68. The summed E-state index contributed by atoms with van der Waals surface area (Å²) in [6, 6.07) is 0.144. The minimum absolute atomic E-state index is 0.000804. The molecule has 1 saturated carbocycles. The normalized spacial score (nSPS) is 34.2. The molecule has 0 aromatic rings. The number of hydrogen-bond acceptors (Lipinski definition) is 3. The van der Waals surface area contributed by atoms with E-state index in [1.165, 1.54) is 19.3 Å². The number of hydrogen-bond donors (Lipinski definition) is 0. The van der Waals surface area contributed by atoms with Crippen LogP contribution in [0.15, 0.2) is 0 Å². The van der Waals surface area contributed by atoms with Crippen molar-refractivity contribution < 1.29 is 14.3 Å². The van der Waals surface area contributed by atoms with Crippen LogP contribution in [-0.2, 0) is 9.47 Å². The lowest BCUT2D eigenvalue weighted by Crippen LogP contribution is -2.43. The van der Waals surface area contributed by atoms with E-state index in [1.807, 2.05) is 27.8 Å². The summed E-state index contributed by atoms with van der Waals surface area (Å²) < 4.78 is 11.6. The molecule has 4 heteroatoms. The van der Waals surface area contributed by atoms with Gasteiger partial charge in [-0.2, -0.15) is 0 Å². The number of nitrogens with zero attached hydrogens (tertiary/aromatic N) is 1. The number of carbonyl (C=O) groups excluding carboxylic acids is 1. The number of ether oxygens (including phenoxy) is 2. The summed E-state index contributed by atoms with van der Waals surface area (Å²) >= 11 is 0. The van der Waals surface area contributed by atoms with Crippen molar-refractivity contribution in [2.75, 3.05) is 13.7 Å². The second-order valence-electron chi connectivity index (χ2n) is 7.47. The summed E-state index contributed by atoms with van der Waals surface area (Å²) in [5.41, 5.74) is -0.445. The molecule has 3 atom stereocenters. The van der Waals surface area contributed by atoms with Crippen LogP contribution in [0.5, 0.6) is 0 Å². The van der Waals surface area contributed by atoms with Gasteiger partial charge in [-0.25, -0.2) is 4.79 Å². The molecule has 0 N–H and O–H groups in total. The highest BCUT2D eigenvalue weighted by Crippen LogP contribution is 2.44. The van der Waals surface area contributed by atoms with Crippen LogP contribution in [0, 0.1) is 5.92 Å². The van der Waals surface area contributed by atoms with E-state index in [0.717, 1.165) is 12.8 Å². The standard InChI is InChI=1S/C16H29NO3/c1-12-8-6-7-9-16(12)10-13(11-19-16)17(5)14(18)20-15(2,3)4/h12-13H,6-11H2,1-5H3/t12-,13-,16-/m1/s1. The molecule has 2 rings (SSSR count). The number of rotatable bonds is 1. The summed E-state index contributed by atoms with van der Waals surface area (Å²) in [5, 5.41) is 0. The molecule has 1 saturated heterocycles. The van der Waals surface area contributed by atoms with Crippen LogP contribution in [0.2, 0.25) is 0 Å². The maximum absolute atomic E-state index is 12.1. The quantitative estimate of drug-likeness (QED) is 0.738. The van der Waals surface area contributed by atoms with E-state index in [-0.39, 0.29) is 17.7 Å². The highest BCUT2D eigenvalue weighted by atomic mass is 16.6. The summed E-state index contributed by atoms with van der Waals surface area (Å²) in [6.45, 7) is 8.62. The van der Waals surface area contributed by atoms with Gasteiger partial charge in [-0.3, -0.25) is 0 Å². The second kappa shape index (κ2) is 5.55. The zero-order valence-electron chi connectivity index (χ0n) is 13.6. The summed E-state index contributed by atoms with van der Waals surface area (Å²) in [7, 11) is 1.83. The molecular formula is C16H29NO3. The first-order chi connectivity index (χ1) is 9.23. The van der Waals surface area contributed by atoms with Gasteiger partial charge in [0.2, 0.25) is 0 Å². The average Bonchev–Trinajstić information content (AvgIpc) is 2.75. The van der Waals surface area contributed by atoms with Gasteiger partial charge in [0.15, 0.2) is 0 Å². The van der Waals surface area contributed by atoms with Gasteiger partial charge in [0.05, 0.1) is 18.2 Å². The Balaban J connectivity index is 1.96. The minimum atomic E-state index is -0.444. The van der Waals surface area contributed by atoms with Gasteiger partial charge in [-0.1, -0.05) is 19.8 Å². The fourth-order valence-electron chi connectivity index (χ4n) is 3.41. The zero-order chi connectivity index (χ0) is 15.0. The lowest BCUT2D eigenvalue weighted by molar-refractivity contribution is -0.0628. The molecule has 0 radical (unpaired) electrons. The third kappa shape index (κ3) is 3.27. The van der Waals surface area contributed by atoms with Crippen molar-refractivity contribution in [3.63, 3.8) is 0 Å². The van der Waals surface area contributed by atoms with Gasteiger partial charge in [0, 0.05) is 7.05 Å². The molecule has 2 aliphatic rings. The van der Waals surface area contributed by atoms with E-state index in [4.69, 9.17) is 9.47 Å². The molecule has 1 amide bonds. The summed E-state index contributed by atoms with van der Waals surface area (Å²) in [5.74, 6) is 0.591. The fourth-order valence-corrected chi connectivity index (χ4v) is 3.41. The van der Waals surface area contributed by atoms with Crippen LogP contribution in [0.25, 0.3) is 0 Å². The third-order valence-corrected chi connectivity index (χ3v) is 4.76. The number of likely N-dealkylation sites (N-methyl/N-ethyl adjacent to an activating group) is 1. The van der Waals surface area contributed by atoms with Gasteiger partial charge in [0.1, 0.15) is 5.60 Å². The Bertz CT molecular complexity index is 363. The molecule has 20 heavy (non-hydrogen) atoms. The minimum Gasteiger partial charge on any atom is -0.444 e.